The van der Waals surface area contributed by atoms with Crippen LogP contribution in [0, 0.1) is 0 Å². The first kappa shape index (κ1) is 21.0. The molecule has 1 aliphatic rings. The summed E-state index contributed by atoms with van der Waals surface area (Å²) in [7, 11) is 1.39. The highest BCUT2D eigenvalue weighted by Crippen LogP contribution is 2.33. The quantitative estimate of drug-likeness (QED) is 0.529. The molecular formula is C22H24F2N4O3. The maximum absolute atomic E-state index is 13.3. The number of rotatable bonds is 8. The largest absolute Gasteiger partial charge is 0.493 e. The van der Waals surface area contributed by atoms with Gasteiger partial charge in [0.2, 0.25) is 0 Å². The van der Waals surface area contributed by atoms with E-state index in [4.69, 9.17) is 4.74 Å². The Hall–Kier alpha value is -3.23. The summed E-state index contributed by atoms with van der Waals surface area (Å²) in [5.41, 5.74) is 2.00. The molecule has 1 aliphatic carbocycles. The molecule has 4 rings (SSSR count). The number of hydrogen-bond donors (Lipinski definition) is 0. The van der Waals surface area contributed by atoms with Gasteiger partial charge >= 0.3 is 6.61 Å². The normalized spacial score (nSPS) is 13.8. The predicted molar refractivity (Wildman–Crippen MR) is 110 cm³/mol. The van der Waals surface area contributed by atoms with Crippen LogP contribution in [0.5, 0.6) is 11.5 Å². The van der Waals surface area contributed by atoms with Crippen molar-refractivity contribution in [3.05, 3.63) is 47.8 Å². The first-order valence-electron chi connectivity index (χ1n) is 10.1. The zero-order chi connectivity index (χ0) is 22.1. The van der Waals surface area contributed by atoms with Crippen molar-refractivity contribution in [1.82, 2.24) is 19.7 Å². The molecule has 3 aromatic rings. The Morgan fingerprint density at radius 2 is 2.00 bits per heavy atom. The number of benzene rings is 1. The Morgan fingerprint density at radius 1 is 1.23 bits per heavy atom. The average molecular weight is 430 g/mol. The molecule has 0 bridgehead atoms. The molecule has 2 aromatic heterocycles. The first-order chi connectivity index (χ1) is 14.9. The lowest BCUT2D eigenvalue weighted by atomic mass is 10.1. The van der Waals surface area contributed by atoms with E-state index in [0.29, 0.717) is 12.1 Å². The van der Waals surface area contributed by atoms with Crippen LogP contribution in [0.1, 0.15) is 48.7 Å². The van der Waals surface area contributed by atoms with Gasteiger partial charge in [-0.15, -0.1) is 0 Å². The minimum Gasteiger partial charge on any atom is -0.493 e. The maximum Gasteiger partial charge on any atom is 0.387 e. The van der Waals surface area contributed by atoms with Crippen molar-refractivity contribution in [3.8, 4) is 11.5 Å². The van der Waals surface area contributed by atoms with Crippen LogP contribution in [0.2, 0.25) is 0 Å². The average Bonchev–Trinajstić information content (AvgIpc) is 3.49. The fourth-order valence-electron chi connectivity index (χ4n) is 3.55. The number of carbonyl (C=O) groups excluding carboxylic acids is 1. The molecule has 0 unspecified atom stereocenters. The monoisotopic (exact) mass is 430 g/mol. The molecule has 0 N–H and O–H groups in total. The van der Waals surface area contributed by atoms with Crippen molar-refractivity contribution in [3.63, 3.8) is 0 Å². The molecule has 0 spiro atoms. The number of pyridine rings is 1. The zero-order valence-electron chi connectivity index (χ0n) is 17.6. The topological polar surface area (TPSA) is 69.5 Å². The summed E-state index contributed by atoms with van der Waals surface area (Å²) in [6.07, 6.45) is 5.15. The fourth-order valence-corrected chi connectivity index (χ4v) is 3.55. The van der Waals surface area contributed by atoms with Gasteiger partial charge in [0, 0.05) is 30.2 Å². The first-order valence-corrected chi connectivity index (χ1v) is 10.1. The highest BCUT2D eigenvalue weighted by Gasteiger charge is 2.33. The lowest BCUT2D eigenvalue weighted by Gasteiger charge is -2.23. The van der Waals surface area contributed by atoms with E-state index in [1.165, 1.54) is 13.2 Å². The van der Waals surface area contributed by atoms with Gasteiger partial charge in [-0.1, -0.05) is 6.07 Å². The molecule has 0 atom stereocenters. The number of fused-ring (bicyclic) bond motifs is 1. The number of amides is 1. The zero-order valence-corrected chi connectivity index (χ0v) is 17.6. The van der Waals surface area contributed by atoms with Crippen LogP contribution in [-0.4, -0.2) is 45.3 Å². The van der Waals surface area contributed by atoms with Crippen LogP contribution >= 0.6 is 0 Å². The molecule has 2 heterocycles. The number of halogens is 2. The smallest absolute Gasteiger partial charge is 0.387 e. The molecule has 164 valence electrons. The summed E-state index contributed by atoms with van der Waals surface area (Å²) in [4.78, 5) is 19.5. The number of aromatic nitrogens is 3. The van der Waals surface area contributed by atoms with Gasteiger partial charge in [0.15, 0.2) is 17.1 Å². The summed E-state index contributed by atoms with van der Waals surface area (Å²) < 4.78 is 36.6. The van der Waals surface area contributed by atoms with Crippen molar-refractivity contribution in [2.24, 2.45) is 0 Å². The van der Waals surface area contributed by atoms with Crippen LogP contribution in [-0.2, 0) is 6.54 Å². The molecule has 1 saturated carbocycles. The van der Waals surface area contributed by atoms with E-state index in [-0.39, 0.29) is 29.5 Å². The van der Waals surface area contributed by atoms with E-state index >= 15 is 0 Å². The molecule has 0 saturated heterocycles. The molecule has 1 fully saturated rings. The number of ether oxygens (including phenoxy) is 2. The van der Waals surface area contributed by atoms with E-state index < -0.39 is 6.61 Å². The standard InChI is InChI=1S/C22H24F2N4O3/c1-13(2)28-20-15(11-26-28)9-16(10-25-20)21(29)27(17-5-6-17)12-14-4-7-18(31-22(23)24)19(8-14)30-3/h4,7-11,13,17,22H,5-6,12H2,1-3H3. The summed E-state index contributed by atoms with van der Waals surface area (Å²) in [6.45, 7) is 1.44. The van der Waals surface area contributed by atoms with E-state index in [1.807, 2.05) is 24.6 Å². The van der Waals surface area contributed by atoms with Gasteiger partial charge in [0.1, 0.15) is 0 Å². The van der Waals surface area contributed by atoms with E-state index in [1.54, 1.807) is 29.4 Å². The minimum absolute atomic E-state index is 0.0395. The van der Waals surface area contributed by atoms with Crippen molar-refractivity contribution < 1.29 is 23.0 Å². The van der Waals surface area contributed by atoms with Crippen molar-refractivity contribution in [2.45, 2.75) is 51.9 Å². The molecule has 1 aromatic carbocycles. The van der Waals surface area contributed by atoms with Crippen molar-refractivity contribution in [1.29, 1.82) is 0 Å². The number of hydrogen-bond acceptors (Lipinski definition) is 5. The number of methoxy groups -OCH3 is 1. The Labute approximate surface area is 178 Å². The summed E-state index contributed by atoms with van der Waals surface area (Å²) in [5.74, 6) is 0.0358. The molecule has 0 aliphatic heterocycles. The Balaban J connectivity index is 1.58. The van der Waals surface area contributed by atoms with E-state index in [0.717, 1.165) is 29.4 Å². The summed E-state index contributed by atoms with van der Waals surface area (Å²) >= 11 is 0. The molecule has 31 heavy (non-hydrogen) atoms. The highest BCUT2D eigenvalue weighted by atomic mass is 19.3. The SMILES string of the molecule is COc1cc(CN(C(=O)c2cnc3c(cnn3C(C)C)c2)C2CC2)ccc1OC(F)F. The second-order valence-corrected chi connectivity index (χ2v) is 7.85. The van der Waals surface area contributed by atoms with Gasteiger partial charge in [0.05, 0.1) is 18.9 Å². The van der Waals surface area contributed by atoms with Gasteiger partial charge in [-0.3, -0.25) is 4.79 Å². The van der Waals surface area contributed by atoms with E-state index in [2.05, 4.69) is 14.8 Å². The van der Waals surface area contributed by atoms with Gasteiger partial charge in [0.25, 0.3) is 5.91 Å². The number of carbonyl (C=O) groups is 1. The lowest BCUT2D eigenvalue weighted by Crippen LogP contribution is -2.32. The Kier molecular flexibility index (Phi) is 5.75. The molecule has 1 amide bonds. The third kappa shape index (κ3) is 4.45. The van der Waals surface area contributed by atoms with Crippen LogP contribution < -0.4 is 9.47 Å². The van der Waals surface area contributed by atoms with Gasteiger partial charge in [-0.25, -0.2) is 9.67 Å². The van der Waals surface area contributed by atoms with Crippen molar-refractivity contribution in [2.75, 3.05) is 7.11 Å². The van der Waals surface area contributed by atoms with Gasteiger partial charge in [-0.05, 0) is 50.5 Å². The lowest BCUT2D eigenvalue weighted by molar-refractivity contribution is -0.0512. The van der Waals surface area contributed by atoms with Crippen LogP contribution in [0.3, 0.4) is 0 Å². The van der Waals surface area contributed by atoms with Crippen LogP contribution in [0.25, 0.3) is 11.0 Å². The second-order valence-electron chi connectivity index (χ2n) is 7.85. The summed E-state index contributed by atoms with van der Waals surface area (Å²) in [5, 5.41) is 5.16. The van der Waals surface area contributed by atoms with Crippen molar-refractivity contribution >= 4 is 16.9 Å². The molecule has 0 radical (unpaired) electrons. The van der Waals surface area contributed by atoms with Gasteiger partial charge < -0.3 is 14.4 Å². The Morgan fingerprint density at radius 3 is 2.65 bits per heavy atom. The summed E-state index contributed by atoms with van der Waals surface area (Å²) in [6, 6.07) is 6.84. The third-order valence-corrected chi connectivity index (χ3v) is 5.21. The minimum atomic E-state index is -2.94. The maximum atomic E-state index is 13.3. The van der Waals surface area contributed by atoms with Gasteiger partial charge in [-0.2, -0.15) is 13.9 Å². The predicted octanol–water partition coefficient (Wildman–Crippen LogP) is 4.43. The highest BCUT2D eigenvalue weighted by molar-refractivity contribution is 5.97. The third-order valence-electron chi connectivity index (χ3n) is 5.21. The number of nitrogens with zero attached hydrogens (tertiary/aromatic N) is 4. The number of alkyl halides is 2. The Bertz CT molecular complexity index is 1100. The fraction of sp³-hybridized carbons (Fsp3) is 0.409. The molecular weight excluding hydrogens is 406 g/mol. The second kappa shape index (κ2) is 8.49. The molecule has 7 nitrogen and oxygen atoms in total. The van der Waals surface area contributed by atoms with E-state index in [9.17, 15) is 13.6 Å². The van der Waals surface area contributed by atoms with Crippen LogP contribution in [0.15, 0.2) is 36.7 Å². The molecule has 9 heteroatoms. The van der Waals surface area contributed by atoms with Crippen LogP contribution in [0.4, 0.5) is 8.78 Å².